The molecular formula is C22H33ClN2O2. The predicted molar refractivity (Wildman–Crippen MR) is 114 cm³/mol. The van der Waals surface area contributed by atoms with Crippen molar-refractivity contribution in [3.63, 3.8) is 0 Å². The summed E-state index contributed by atoms with van der Waals surface area (Å²) in [7, 11) is 0. The summed E-state index contributed by atoms with van der Waals surface area (Å²) in [5.41, 5.74) is 1.96. The summed E-state index contributed by atoms with van der Waals surface area (Å²) in [5.74, 6) is 0.601. The number of aliphatic hydroxyl groups is 1. The molecule has 150 valence electrons. The first-order chi connectivity index (χ1) is 13.0. The molecule has 1 aromatic rings. The maximum Gasteiger partial charge on any atom is 0.144 e. The van der Waals surface area contributed by atoms with Crippen molar-refractivity contribution < 1.29 is 9.94 Å². The molecule has 0 bridgehead atoms. The van der Waals surface area contributed by atoms with E-state index in [1.807, 2.05) is 36.4 Å². The van der Waals surface area contributed by atoms with Crippen LogP contribution < -0.4 is 0 Å². The Labute approximate surface area is 168 Å². The Hall–Kier alpha value is -1.36. The highest BCUT2D eigenvalue weighted by Crippen LogP contribution is 2.13. The van der Waals surface area contributed by atoms with E-state index in [0.29, 0.717) is 12.5 Å². The van der Waals surface area contributed by atoms with Gasteiger partial charge in [0, 0.05) is 11.6 Å². The van der Waals surface area contributed by atoms with Crippen LogP contribution in [0.4, 0.5) is 0 Å². The molecule has 0 spiro atoms. The third kappa shape index (κ3) is 9.41. The number of piperidine rings is 1. The van der Waals surface area contributed by atoms with Gasteiger partial charge in [-0.15, -0.1) is 0 Å². The normalized spacial score (nSPS) is 17.6. The summed E-state index contributed by atoms with van der Waals surface area (Å²) in [6.07, 6.45) is 9.14. The minimum absolute atomic E-state index is 0.233. The lowest BCUT2D eigenvalue weighted by Crippen LogP contribution is -2.38. The molecule has 0 aromatic heterocycles. The maximum absolute atomic E-state index is 10.2. The van der Waals surface area contributed by atoms with Crippen LogP contribution in [0.25, 0.3) is 6.08 Å². The van der Waals surface area contributed by atoms with Crippen molar-refractivity contribution in [1.29, 1.82) is 0 Å². The minimum atomic E-state index is -0.501. The van der Waals surface area contributed by atoms with Crippen LogP contribution in [0.5, 0.6) is 0 Å². The van der Waals surface area contributed by atoms with Gasteiger partial charge in [-0.3, -0.25) is 0 Å². The Morgan fingerprint density at radius 2 is 1.93 bits per heavy atom. The van der Waals surface area contributed by atoms with Crippen LogP contribution in [0.15, 0.2) is 35.5 Å². The lowest BCUT2D eigenvalue weighted by atomic mass is 10.0. The van der Waals surface area contributed by atoms with Crippen molar-refractivity contribution in [2.75, 3.05) is 26.2 Å². The monoisotopic (exact) mass is 392 g/mol. The fourth-order valence-corrected chi connectivity index (χ4v) is 3.19. The van der Waals surface area contributed by atoms with Gasteiger partial charge in [-0.1, -0.05) is 55.2 Å². The third-order valence-electron chi connectivity index (χ3n) is 4.68. The molecule has 27 heavy (non-hydrogen) atoms. The van der Waals surface area contributed by atoms with Crippen molar-refractivity contribution in [2.45, 2.75) is 52.1 Å². The summed E-state index contributed by atoms with van der Waals surface area (Å²) < 4.78 is 0. The number of nitrogens with zero attached hydrogens (tertiary/aromatic N) is 2. The summed E-state index contributed by atoms with van der Waals surface area (Å²) in [6.45, 7) is 7.44. The first-order valence-corrected chi connectivity index (χ1v) is 10.4. The van der Waals surface area contributed by atoms with E-state index in [1.165, 1.54) is 19.3 Å². The SMILES string of the molecule is CC(C)CCC(/C=C/c1ccc(Cl)cc1)=N\OC[C@H](O)CN1CCCCC1. The van der Waals surface area contributed by atoms with Crippen molar-refractivity contribution >= 4 is 23.4 Å². The molecule has 4 nitrogen and oxygen atoms in total. The van der Waals surface area contributed by atoms with Crippen molar-refractivity contribution in [3.8, 4) is 0 Å². The van der Waals surface area contributed by atoms with Gasteiger partial charge < -0.3 is 14.8 Å². The van der Waals surface area contributed by atoms with E-state index in [-0.39, 0.29) is 6.61 Å². The number of benzene rings is 1. The minimum Gasteiger partial charge on any atom is -0.393 e. The highest BCUT2D eigenvalue weighted by Gasteiger charge is 2.15. The van der Waals surface area contributed by atoms with Gasteiger partial charge in [-0.2, -0.15) is 0 Å². The fraction of sp³-hybridized carbons (Fsp3) is 0.591. The van der Waals surface area contributed by atoms with E-state index in [2.05, 4.69) is 23.9 Å². The molecule has 0 radical (unpaired) electrons. The number of allylic oxidation sites excluding steroid dienone is 1. The Morgan fingerprint density at radius 1 is 1.22 bits per heavy atom. The smallest absolute Gasteiger partial charge is 0.144 e. The van der Waals surface area contributed by atoms with Crippen LogP contribution in [-0.4, -0.2) is 48.1 Å². The summed E-state index contributed by atoms with van der Waals surface area (Å²) in [6, 6.07) is 7.70. The topological polar surface area (TPSA) is 45.1 Å². The molecule has 2 rings (SSSR count). The Balaban J connectivity index is 1.86. The summed E-state index contributed by atoms with van der Waals surface area (Å²) in [5, 5.41) is 15.2. The van der Waals surface area contributed by atoms with E-state index < -0.39 is 6.10 Å². The summed E-state index contributed by atoms with van der Waals surface area (Å²) in [4.78, 5) is 7.78. The van der Waals surface area contributed by atoms with Gasteiger partial charge in [0.05, 0.1) is 5.71 Å². The molecule has 1 fully saturated rings. The van der Waals surface area contributed by atoms with Gasteiger partial charge >= 0.3 is 0 Å². The molecule has 1 atom stereocenters. The molecule has 1 aliphatic rings. The molecule has 1 N–H and O–H groups in total. The molecular weight excluding hydrogens is 360 g/mol. The van der Waals surface area contributed by atoms with Gasteiger partial charge in [-0.05, 0) is 68.5 Å². The largest absolute Gasteiger partial charge is 0.393 e. The summed E-state index contributed by atoms with van der Waals surface area (Å²) >= 11 is 5.93. The molecule has 0 saturated carbocycles. The number of oxime groups is 1. The van der Waals surface area contributed by atoms with Gasteiger partial charge in [0.25, 0.3) is 0 Å². The number of β-amino-alcohol motifs (C(OH)–C–C–N with tert-alkyl or cyclic N) is 1. The highest BCUT2D eigenvalue weighted by molar-refractivity contribution is 6.30. The Morgan fingerprint density at radius 3 is 2.59 bits per heavy atom. The van der Waals surface area contributed by atoms with Gasteiger partial charge in [0.15, 0.2) is 0 Å². The Kier molecular flexibility index (Phi) is 9.89. The molecule has 0 amide bonds. The Bertz CT molecular complexity index is 593. The lowest BCUT2D eigenvalue weighted by molar-refractivity contribution is 0.0157. The number of hydrogen-bond donors (Lipinski definition) is 1. The van der Waals surface area contributed by atoms with Crippen molar-refractivity contribution in [3.05, 3.63) is 40.9 Å². The lowest BCUT2D eigenvalue weighted by Gasteiger charge is -2.27. The van der Waals surface area contributed by atoms with E-state index in [0.717, 1.165) is 42.2 Å². The second-order valence-corrected chi connectivity index (χ2v) is 8.15. The number of likely N-dealkylation sites (tertiary alicyclic amines) is 1. The number of aliphatic hydroxyl groups excluding tert-OH is 1. The quantitative estimate of drug-likeness (QED) is 0.449. The standard InChI is InChI=1S/C22H33ClN2O2/c1-18(2)6-12-21(13-9-19-7-10-20(23)11-8-19)24-27-17-22(26)16-25-14-4-3-5-15-25/h7-11,13,18,22,26H,3-6,12,14-17H2,1-2H3/b13-9+,24-21+/t22-/m1/s1. The molecule has 1 aromatic carbocycles. The molecule has 0 unspecified atom stereocenters. The zero-order valence-electron chi connectivity index (χ0n) is 16.6. The molecule has 5 heteroatoms. The first kappa shape index (κ1) is 21.9. The number of rotatable bonds is 10. The highest BCUT2D eigenvalue weighted by atomic mass is 35.5. The second-order valence-electron chi connectivity index (χ2n) is 7.71. The fourth-order valence-electron chi connectivity index (χ4n) is 3.06. The first-order valence-electron chi connectivity index (χ1n) is 10.1. The maximum atomic E-state index is 10.2. The van der Waals surface area contributed by atoms with Gasteiger partial charge in [0.2, 0.25) is 0 Å². The van der Waals surface area contributed by atoms with Crippen molar-refractivity contribution in [1.82, 2.24) is 4.90 Å². The van der Waals surface area contributed by atoms with Crippen LogP contribution in [0.1, 0.15) is 51.5 Å². The van der Waals surface area contributed by atoms with E-state index in [9.17, 15) is 5.11 Å². The number of halogens is 1. The van der Waals surface area contributed by atoms with Crippen LogP contribution >= 0.6 is 11.6 Å². The van der Waals surface area contributed by atoms with E-state index in [4.69, 9.17) is 16.4 Å². The van der Waals surface area contributed by atoms with Gasteiger partial charge in [0.1, 0.15) is 12.7 Å². The molecule has 1 saturated heterocycles. The van der Waals surface area contributed by atoms with Gasteiger partial charge in [-0.25, -0.2) is 0 Å². The zero-order valence-corrected chi connectivity index (χ0v) is 17.4. The van der Waals surface area contributed by atoms with Crippen LogP contribution in [0.3, 0.4) is 0 Å². The van der Waals surface area contributed by atoms with E-state index in [1.54, 1.807) is 0 Å². The average Bonchev–Trinajstić information content (AvgIpc) is 2.65. The van der Waals surface area contributed by atoms with E-state index >= 15 is 0 Å². The van der Waals surface area contributed by atoms with Crippen LogP contribution in [0.2, 0.25) is 5.02 Å². The number of hydrogen-bond acceptors (Lipinski definition) is 4. The average molecular weight is 393 g/mol. The molecule has 1 aliphatic heterocycles. The molecule has 0 aliphatic carbocycles. The third-order valence-corrected chi connectivity index (χ3v) is 4.93. The van der Waals surface area contributed by atoms with Crippen LogP contribution in [0, 0.1) is 5.92 Å². The predicted octanol–water partition coefficient (Wildman–Crippen LogP) is 5.01. The second kappa shape index (κ2) is 12.2. The van der Waals surface area contributed by atoms with Crippen molar-refractivity contribution in [2.24, 2.45) is 11.1 Å². The zero-order chi connectivity index (χ0) is 19.5. The van der Waals surface area contributed by atoms with Crippen LogP contribution in [-0.2, 0) is 4.84 Å². The molecule has 1 heterocycles.